The van der Waals surface area contributed by atoms with Crippen LogP contribution in [0.5, 0.6) is 0 Å². The standard InChI is InChI=1S/C24H14N2S3/c1-3-7-20-17(5-1)25-23(28-20)16-11-9-15(10-12-16)19-13-14-22(27-19)24-26-18-6-2-4-8-21(18)29-24/h1-14H. The van der Waals surface area contributed by atoms with Gasteiger partial charge in [0, 0.05) is 10.4 Å². The molecule has 0 aliphatic rings. The SMILES string of the molecule is c1ccc2sc(-c3ccc(-c4ccc(-c5nc6ccccc6s5)s4)cc3)nc2c1. The summed E-state index contributed by atoms with van der Waals surface area (Å²) in [7, 11) is 0. The van der Waals surface area contributed by atoms with E-state index in [0.29, 0.717) is 0 Å². The number of thiophene rings is 1. The molecule has 6 aromatic rings. The van der Waals surface area contributed by atoms with Gasteiger partial charge in [0.05, 0.1) is 25.3 Å². The maximum atomic E-state index is 4.79. The molecule has 0 saturated heterocycles. The van der Waals surface area contributed by atoms with Crippen molar-refractivity contribution in [2.45, 2.75) is 0 Å². The van der Waals surface area contributed by atoms with Gasteiger partial charge in [-0.1, -0.05) is 48.5 Å². The van der Waals surface area contributed by atoms with Crippen LogP contribution >= 0.6 is 34.0 Å². The summed E-state index contributed by atoms with van der Waals surface area (Å²) >= 11 is 5.29. The molecule has 0 bridgehead atoms. The van der Waals surface area contributed by atoms with Gasteiger partial charge < -0.3 is 0 Å². The van der Waals surface area contributed by atoms with Gasteiger partial charge in [-0.15, -0.1) is 34.0 Å². The van der Waals surface area contributed by atoms with Crippen molar-refractivity contribution in [3.8, 4) is 30.9 Å². The fraction of sp³-hybridized carbons (Fsp3) is 0. The Morgan fingerprint density at radius 2 is 1.00 bits per heavy atom. The van der Waals surface area contributed by atoms with Crippen LogP contribution in [0.3, 0.4) is 0 Å². The summed E-state index contributed by atoms with van der Waals surface area (Å²) in [6.07, 6.45) is 0. The zero-order valence-electron chi connectivity index (χ0n) is 15.2. The summed E-state index contributed by atoms with van der Waals surface area (Å²) in [5.74, 6) is 0. The third kappa shape index (κ3) is 3.08. The summed E-state index contributed by atoms with van der Waals surface area (Å²) in [4.78, 5) is 12.0. The molecule has 6 rings (SSSR count). The molecule has 2 nitrogen and oxygen atoms in total. The second-order valence-corrected chi connectivity index (χ2v) is 9.86. The number of hydrogen-bond acceptors (Lipinski definition) is 5. The third-order valence-electron chi connectivity index (χ3n) is 4.82. The Balaban J connectivity index is 1.31. The largest absolute Gasteiger partial charge is 0.236 e. The van der Waals surface area contributed by atoms with Gasteiger partial charge in [-0.25, -0.2) is 9.97 Å². The topological polar surface area (TPSA) is 25.8 Å². The van der Waals surface area contributed by atoms with E-state index in [2.05, 4.69) is 72.8 Å². The molecule has 138 valence electrons. The van der Waals surface area contributed by atoms with Gasteiger partial charge in [0.25, 0.3) is 0 Å². The van der Waals surface area contributed by atoms with Gasteiger partial charge in [0.2, 0.25) is 0 Å². The van der Waals surface area contributed by atoms with Gasteiger partial charge >= 0.3 is 0 Å². The molecular weight excluding hydrogens is 412 g/mol. The predicted octanol–water partition coefficient (Wildman–Crippen LogP) is 7.97. The van der Waals surface area contributed by atoms with Gasteiger partial charge in [-0.2, -0.15) is 0 Å². The fourth-order valence-corrected chi connectivity index (χ4v) is 6.36. The number of benzene rings is 3. The summed E-state index contributed by atoms with van der Waals surface area (Å²) in [6, 6.07) is 29.7. The Labute approximate surface area is 179 Å². The number of rotatable bonds is 3. The van der Waals surface area contributed by atoms with Crippen molar-refractivity contribution in [2.75, 3.05) is 0 Å². The lowest BCUT2D eigenvalue weighted by molar-refractivity contribution is 1.48. The van der Waals surface area contributed by atoms with Crippen LogP contribution in [-0.2, 0) is 0 Å². The fourth-order valence-electron chi connectivity index (χ4n) is 3.36. The molecule has 0 fully saturated rings. The van der Waals surface area contributed by atoms with E-state index in [-0.39, 0.29) is 0 Å². The molecule has 0 spiro atoms. The number of nitrogens with zero attached hydrogens (tertiary/aromatic N) is 2. The van der Waals surface area contributed by atoms with Crippen LogP contribution in [0.1, 0.15) is 0 Å². The molecule has 3 heterocycles. The van der Waals surface area contributed by atoms with E-state index in [0.717, 1.165) is 26.6 Å². The first-order chi connectivity index (χ1) is 14.3. The number of aromatic nitrogens is 2. The summed E-state index contributed by atoms with van der Waals surface area (Å²) < 4.78 is 2.46. The van der Waals surface area contributed by atoms with Crippen LogP contribution in [0, 0.1) is 0 Å². The summed E-state index contributed by atoms with van der Waals surface area (Å²) in [5, 5.41) is 2.16. The summed E-state index contributed by atoms with van der Waals surface area (Å²) in [6.45, 7) is 0. The van der Waals surface area contributed by atoms with E-state index in [9.17, 15) is 0 Å². The monoisotopic (exact) mass is 426 g/mol. The van der Waals surface area contributed by atoms with Crippen molar-refractivity contribution in [3.05, 3.63) is 84.9 Å². The highest BCUT2D eigenvalue weighted by molar-refractivity contribution is 7.26. The molecule has 29 heavy (non-hydrogen) atoms. The van der Waals surface area contributed by atoms with Crippen molar-refractivity contribution >= 4 is 54.4 Å². The zero-order chi connectivity index (χ0) is 19.2. The van der Waals surface area contributed by atoms with Crippen molar-refractivity contribution in [1.82, 2.24) is 9.97 Å². The van der Waals surface area contributed by atoms with Crippen LogP contribution in [0.4, 0.5) is 0 Å². The Morgan fingerprint density at radius 3 is 1.69 bits per heavy atom. The molecule has 0 atom stereocenters. The summed E-state index contributed by atoms with van der Waals surface area (Å²) in [5.41, 5.74) is 4.53. The molecule has 3 aromatic heterocycles. The molecule has 0 unspecified atom stereocenters. The normalized spacial score (nSPS) is 11.4. The highest BCUT2D eigenvalue weighted by Gasteiger charge is 2.11. The number of hydrogen-bond donors (Lipinski definition) is 0. The molecule has 0 aliphatic heterocycles. The predicted molar refractivity (Wildman–Crippen MR) is 127 cm³/mol. The number of thiazole rings is 2. The molecule has 0 aliphatic carbocycles. The molecule has 0 saturated carbocycles. The van der Waals surface area contributed by atoms with Crippen molar-refractivity contribution in [3.63, 3.8) is 0 Å². The first kappa shape index (κ1) is 17.0. The van der Waals surface area contributed by atoms with E-state index < -0.39 is 0 Å². The van der Waals surface area contributed by atoms with E-state index in [1.165, 1.54) is 24.7 Å². The maximum Gasteiger partial charge on any atom is 0.134 e. The Kier molecular flexibility index (Phi) is 4.04. The minimum atomic E-state index is 1.07. The number of para-hydroxylation sites is 2. The lowest BCUT2D eigenvalue weighted by Gasteiger charge is -2.00. The first-order valence-corrected chi connectivity index (χ1v) is 11.7. The van der Waals surface area contributed by atoms with E-state index in [1.807, 2.05) is 12.1 Å². The second kappa shape index (κ2) is 6.88. The van der Waals surface area contributed by atoms with Crippen molar-refractivity contribution in [2.24, 2.45) is 0 Å². The maximum absolute atomic E-state index is 4.79. The molecule has 0 N–H and O–H groups in total. The van der Waals surface area contributed by atoms with E-state index >= 15 is 0 Å². The molecule has 0 amide bonds. The minimum absolute atomic E-state index is 1.07. The minimum Gasteiger partial charge on any atom is -0.236 e. The smallest absolute Gasteiger partial charge is 0.134 e. The second-order valence-electron chi connectivity index (χ2n) is 6.71. The quantitative estimate of drug-likeness (QED) is 0.287. The van der Waals surface area contributed by atoms with E-state index in [4.69, 9.17) is 9.97 Å². The van der Waals surface area contributed by atoms with Crippen LogP contribution < -0.4 is 0 Å². The zero-order valence-corrected chi connectivity index (χ0v) is 17.7. The molecule has 5 heteroatoms. The lowest BCUT2D eigenvalue weighted by atomic mass is 10.1. The highest BCUT2D eigenvalue weighted by Crippen LogP contribution is 2.39. The lowest BCUT2D eigenvalue weighted by Crippen LogP contribution is -1.77. The van der Waals surface area contributed by atoms with Crippen LogP contribution in [0.15, 0.2) is 84.9 Å². The third-order valence-corrected chi connectivity index (χ3v) is 8.25. The van der Waals surface area contributed by atoms with Crippen LogP contribution in [0.2, 0.25) is 0 Å². The Morgan fingerprint density at radius 1 is 0.448 bits per heavy atom. The van der Waals surface area contributed by atoms with Gasteiger partial charge in [0.15, 0.2) is 0 Å². The Hall–Kier alpha value is -2.86. The van der Waals surface area contributed by atoms with Crippen LogP contribution in [-0.4, -0.2) is 9.97 Å². The van der Waals surface area contributed by atoms with Gasteiger partial charge in [-0.05, 0) is 42.0 Å². The molecule has 3 aromatic carbocycles. The van der Waals surface area contributed by atoms with Crippen molar-refractivity contribution in [1.29, 1.82) is 0 Å². The average Bonchev–Trinajstić information content (AvgIpc) is 3.51. The van der Waals surface area contributed by atoms with E-state index in [1.54, 1.807) is 34.0 Å². The van der Waals surface area contributed by atoms with Crippen molar-refractivity contribution < 1.29 is 0 Å². The molecule has 0 radical (unpaired) electrons. The molecular formula is C24H14N2S3. The van der Waals surface area contributed by atoms with Gasteiger partial charge in [-0.3, -0.25) is 0 Å². The Bertz CT molecular complexity index is 1390. The van der Waals surface area contributed by atoms with Crippen LogP contribution in [0.25, 0.3) is 51.3 Å². The number of fused-ring (bicyclic) bond motifs is 2. The average molecular weight is 427 g/mol. The van der Waals surface area contributed by atoms with Gasteiger partial charge in [0.1, 0.15) is 10.0 Å². The highest BCUT2D eigenvalue weighted by atomic mass is 32.1. The first-order valence-electron chi connectivity index (χ1n) is 9.26.